The highest BCUT2D eigenvalue weighted by atomic mass is 32.2. The molecule has 164 valence electrons. The van der Waals surface area contributed by atoms with E-state index in [1.165, 1.54) is 25.6 Å². The zero-order valence-electron chi connectivity index (χ0n) is 15.9. The molecule has 1 aromatic rings. The van der Waals surface area contributed by atoms with Gasteiger partial charge in [0.25, 0.3) is 20.2 Å². The zero-order chi connectivity index (χ0) is 21.1. The van der Waals surface area contributed by atoms with Gasteiger partial charge in [0.2, 0.25) is 11.9 Å². The quantitative estimate of drug-likeness (QED) is 0.443. The summed E-state index contributed by atoms with van der Waals surface area (Å²) >= 11 is 0. The second-order valence-electron chi connectivity index (χ2n) is 7.77. The molecule has 2 aliphatic carbocycles. The Kier molecular flexibility index (Phi) is 6.91. The summed E-state index contributed by atoms with van der Waals surface area (Å²) in [5.74, 6) is 0.953. The van der Waals surface area contributed by atoms with E-state index in [4.69, 9.17) is 0 Å². The number of hydrogen-bond acceptors (Lipinski definition) is 9. The summed E-state index contributed by atoms with van der Waals surface area (Å²) in [6.45, 7) is 0.728. The first kappa shape index (κ1) is 22.1. The van der Waals surface area contributed by atoms with Gasteiger partial charge in [0.05, 0.1) is 5.25 Å². The third-order valence-electron chi connectivity index (χ3n) is 5.70. The molecule has 0 aromatic carbocycles. The Balaban J connectivity index is 1.69. The fourth-order valence-corrected chi connectivity index (χ4v) is 6.04. The molecule has 11 nitrogen and oxygen atoms in total. The Bertz CT molecular complexity index is 904. The Labute approximate surface area is 170 Å². The molecule has 13 heteroatoms. The number of anilines is 2. The van der Waals surface area contributed by atoms with Crippen molar-refractivity contribution in [2.45, 2.75) is 67.9 Å². The minimum atomic E-state index is -4.42. The van der Waals surface area contributed by atoms with Gasteiger partial charge in [-0.1, -0.05) is 19.3 Å². The molecule has 0 aliphatic heterocycles. The topological polar surface area (TPSA) is 171 Å². The van der Waals surface area contributed by atoms with E-state index in [9.17, 15) is 25.9 Å². The van der Waals surface area contributed by atoms with Crippen LogP contribution in [0.1, 0.15) is 51.4 Å². The first-order valence-corrected chi connectivity index (χ1v) is 12.8. The second-order valence-corrected chi connectivity index (χ2v) is 11.1. The van der Waals surface area contributed by atoms with Crippen LogP contribution in [-0.2, 0) is 20.2 Å². The number of aromatic nitrogens is 3. The minimum absolute atomic E-state index is 0.0626. The standard InChI is InChI=1S/C16H27N5O6S2/c22-28(23,24)12-6-7-14(29(25,26)27)13(8-12)20-16-19-10-18-15(21-16)17-9-11-4-2-1-3-5-11/h10-14H,1-9H2,(H,22,23,24)(H,25,26,27)(H2,17,18,19,20,21). The van der Waals surface area contributed by atoms with Gasteiger partial charge >= 0.3 is 0 Å². The molecule has 4 N–H and O–H groups in total. The van der Waals surface area contributed by atoms with E-state index >= 15 is 0 Å². The Hall–Kier alpha value is -1.57. The maximum absolute atomic E-state index is 11.7. The van der Waals surface area contributed by atoms with Gasteiger partial charge in [-0.3, -0.25) is 9.11 Å². The lowest BCUT2D eigenvalue weighted by Crippen LogP contribution is -2.47. The number of nitrogens with zero attached hydrogens (tertiary/aromatic N) is 3. The van der Waals surface area contributed by atoms with E-state index < -0.39 is 36.8 Å². The van der Waals surface area contributed by atoms with Gasteiger partial charge in [0.15, 0.2) is 0 Å². The molecule has 1 heterocycles. The number of rotatable bonds is 7. The van der Waals surface area contributed by atoms with E-state index in [0.29, 0.717) is 11.9 Å². The molecule has 0 radical (unpaired) electrons. The first-order chi connectivity index (χ1) is 13.6. The molecular formula is C16H27N5O6S2. The van der Waals surface area contributed by atoms with Crippen molar-refractivity contribution in [3.63, 3.8) is 0 Å². The summed E-state index contributed by atoms with van der Waals surface area (Å²) in [6.07, 6.45) is 6.89. The molecule has 0 bridgehead atoms. The summed E-state index contributed by atoms with van der Waals surface area (Å²) in [6, 6.07) is -0.973. The fourth-order valence-electron chi connectivity index (χ4n) is 4.13. The third-order valence-corrected chi connectivity index (χ3v) is 8.30. The molecule has 2 fully saturated rings. The molecule has 3 unspecified atom stereocenters. The SMILES string of the molecule is O=S(=O)(O)C1CCC(S(=O)(=O)O)C(Nc2ncnc(NCC3CCCCC3)n2)C1. The normalized spacial score (nSPS) is 26.8. The summed E-state index contributed by atoms with van der Waals surface area (Å²) in [7, 11) is -8.76. The molecule has 29 heavy (non-hydrogen) atoms. The lowest BCUT2D eigenvalue weighted by molar-refractivity contribution is 0.373. The molecule has 1 aromatic heterocycles. The van der Waals surface area contributed by atoms with E-state index in [1.54, 1.807) is 0 Å². The van der Waals surface area contributed by atoms with Gasteiger partial charge in [0, 0.05) is 12.6 Å². The van der Waals surface area contributed by atoms with E-state index in [-0.39, 0.29) is 25.2 Å². The maximum Gasteiger partial charge on any atom is 0.269 e. The smallest absolute Gasteiger partial charge is 0.269 e. The van der Waals surface area contributed by atoms with Crippen LogP contribution < -0.4 is 10.6 Å². The van der Waals surface area contributed by atoms with Crippen molar-refractivity contribution in [1.29, 1.82) is 0 Å². The van der Waals surface area contributed by atoms with Crippen LogP contribution in [0.4, 0.5) is 11.9 Å². The molecule has 3 atom stereocenters. The van der Waals surface area contributed by atoms with Crippen molar-refractivity contribution in [3.8, 4) is 0 Å². The monoisotopic (exact) mass is 449 g/mol. The van der Waals surface area contributed by atoms with Crippen molar-refractivity contribution in [1.82, 2.24) is 15.0 Å². The summed E-state index contributed by atoms with van der Waals surface area (Å²) in [4.78, 5) is 12.3. The van der Waals surface area contributed by atoms with Gasteiger partial charge in [-0.2, -0.15) is 21.8 Å². The van der Waals surface area contributed by atoms with Crippen LogP contribution in [0.15, 0.2) is 6.33 Å². The van der Waals surface area contributed by atoms with Crippen LogP contribution >= 0.6 is 0 Å². The Morgan fingerprint density at radius 2 is 1.62 bits per heavy atom. The van der Waals surface area contributed by atoms with Gasteiger partial charge in [-0.05, 0) is 38.0 Å². The van der Waals surface area contributed by atoms with Crippen LogP contribution in [0.5, 0.6) is 0 Å². The fraction of sp³-hybridized carbons (Fsp3) is 0.812. The minimum Gasteiger partial charge on any atom is -0.354 e. The largest absolute Gasteiger partial charge is 0.354 e. The zero-order valence-corrected chi connectivity index (χ0v) is 17.6. The van der Waals surface area contributed by atoms with Crippen LogP contribution in [0.3, 0.4) is 0 Å². The summed E-state index contributed by atoms with van der Waals surface area (Å²) < 4.78 is 65.3. The van der Waals surface area contributed by atoms with Crippen LogP contribution in [-0.4, -0.2) is 64.0 Å². The molecule has 0 saturated heterocycles. The van der Waals surface area contributed by atoms with Gasteiger partial charge in [-0.25, -0.2) is 9.97 Å². The summed E-state index contributed by atoms with van der Waals surface area (Å²) in [5, 5.41) is 3.61. The highest BCUT2D eigenvalue weighted by Crippen LogP contribution is 2.30. The van der Waals surface area contributed by atoms with Gasteiger partial charge in [0.1, 0.15) is 11.6 Å². The van der Waals surface area contributed by atoms with Gasteiger partial charge in [-0.15, -0.1) is 0 Å². The first-order valence-electron chi connectivity index (χ1n) is 9.75. The lowest BCUT2D eigenvalue weighted by Gasteiger charge is -2.33. The number of nitrogens with one attached hydrogen (secondary N) is 2. The van der Waals surface area contributed by atoms with Gasteiger partial charge < -0.3 is 10.6 Å². The van der Waals surface area contributed by atoms with Crippen molar-refractivity contribution in [2.24, 2.45) is 5.92 Å². The predicted molar refractivity (Wildman–Crippen MR) is 107 cm³/mol. The van der Waals surface area contributed by atoms with Crippen molar-refractivity contribution in [2.75, 3.05) is 17.2 Å². The van der Waals surface area contributed by atoms with E-state index in [0.717, 1.165) is 19.4 Å². The highest BCUT2D eigenvalue weighted by molar-refractivity contribution is 7.87. The van der Waals surface area contributed by atoms with E-state index in [1.807, 2.05) is 0 Å². The molecular weight excluding hydrogens is 422 g/mol. The molecule has 3 rings (SSSR count). The van der Waals surface area contributed by atoms with Crippen molar-refractivity contribution in [3.05, 3.63) is 6.33 Å². The highest BCUT2D eigenvalue weighted by Gasteiger charge is 2.42. The third kappa shape index (κ3) is 6.20. The molecule has 2 saturated carbocycles. The average Bonchev–Trinajstić information content (AvgIpc) is 2.66. The maximum atomic E-state index is 11.7. The number of hydrogen-bond donors (Lipinski definition) is 4. The van der Waals surface area contributed by atoms with Crippen molar-refractivity contribution >= 4 is 32.1 Å². The lowest BCUT2D eigenvalue weighted by atomic mass is 9.89. The van der Waals surface area contributed by atoms with Crippen LogP contribution in [0.25, 0.3) is 0 Å². The predicted octanol–water partition coefficient (Wildman–Crippen LogP) is 1.34. The Morgan fingerprint density at radius 1 is 0.931 bits per heavy atom. The second kappa shape index (κ2) is 9.06. The average molecular weight is 450 g/mol. The molecule has 2 aliphatic rings. The summed E-state index contributed by atoms with van der Waals surface area (Å²) in [5.41, 5.74) is 0. The van der Waals surface area contributed by atoms with Crippen LogP contribution in [0, 0.1) is 5.92 Å². The van der Waals surface area contributed by atoms with Crippen LogP contribution in [0.2, 0.25) is 0 Å². The molecule has 0 spiro atoms. The van der Waals surface area contributed by atoms with Crippen molar-refractivity contribution < 1.29 is 25.9 Å². The van der Waals surface area contributed by atoms with E-state index in [2.05, 4.69) is 25.6 Å². The Morgan fingerprint density at radius 3 is 2.28 bits per heavy atom. The molecule has 0 amide bonds.